The van der Waals surface area contributed by atoms with Crippen LogP contribution in [0.25, 0.3) is 11.1 Å². The first-order valence-electron chi connectivity index (χ1n) is 7.24. The van der Waals surface area contributed by atoms with Gasteiger partial charge in [-0.2, -0.15) is 0 Å². The fourth-order valence-corrected chi connectivity index (χ4v) is 2.58. The second-order valence-electron chi connectivity index (χ2n) is 5.21. The highest BCUT2D eigenvalue weighted by atomic mass is 35.5. The van der Waals surface area contributed by atoms with Gasteiger partial charge in [0.05, 0.1) is 11.9 Å². The van der Waals surface area contributed by atoms with E-state index in [2.05, 4.69) is 10.3 Å². The maximum absolute atomic E-state index is 11.9. The number of hydrogen-bond acceptors (Lipinski definition) is 3. The number of carbonyl (C=O) groups excluding carboxylic acids is 1. The number of aromatic nitrogens is 1. The molecule has 1 amide bonds. The standard InChI is InChI=1S/C17H15ClN2O3/c18-13-4-2-1-3-12(13)10-16(21)19-8-7-11-5-6-15-14(9-11)20-17(22)23-15/h1-6,9H,7-8,10H2,(H,19,21)(H,20,22). The zero-order chi connectivity index (χ0) is 16.2. The Balaban J connectivity index is 1.54. The molecule has 0 aliphatic heterocycles. The lowest BCUT2D eigenvalue weighted by molar-refractivity contribution is -0.120. The highest BCUT2D eigenvalue weighted by molar-refractivity contribution is 6.31. The van der Waals surface area contributed by atoms with Crippen LogP contribution in [0.3, 0.4) is 0 Å². The van der Waals surface area contributed by atoms with E-state index < -0.39 is 5.76 Å². The average Bonchev–Trinajstić information content (AvgIpc) is 2.89. The van der Waals surface area contributed by atoms with Gasteiger partial charge in [0.15, 0.2) is 5.58 Å². The third-order valence-corrected chi connectivity index (χ3v) is 3.90. The molecule has 118 valence electrons. The third-order valence-electron chi connectivity index (χ3n) is 3.53. The Bertz CT molecular complexity index is 898. The SMILES string of the molecule is O=C(Cc1ccccc1Cl)NCCc1ccc2oc(=O)[nH]c2c1. The van der Waals surface area contributed by atoms with Crippen LogP contribution in [0.4, 0.5) is 0 Å². The van der Waals surface area contributed by atoms with Gasteiger partial charge in [0.1, 0.15) is 0 Å². The van der Waals surface area contributed by atoms with E-state index in [-0.39, 0.29) is 12.3 Å². The van der Waals surface area contributed by atoms with Crippen LogP contribution in [0.5, 0.6) is 0 Å². The van der Waals surface area contributed by atoms with Crippen molar-refractivity contribution in [2.45, 2.75) is 12.8 Å². The van der Waals surface area contributed by atoms with Gasteiger partial charge in [-0.1, -0.05) is 35.9 Å². The summed E-state index contributed by atoms with van der Waals surface area (Å²) in [5.74, 6) is -0.541. The summed E-state index contributed by atoms with van der Waals surface area (Å²) >= 11 is 6.04. The molecule has 1 heterocycles. The number of hydrogen-bond donors (Lipinski definition) is 2. The quantitative estimate of drug-likeness (QED) is 0.755. The van der Waals surface area contributed by atoms with Crippen molar-refractivity contribution in [2.24, 2.45) is 0 Å². The molecular weight excluding hydrogens is 316 g/mol. The van der Waals surface area contributed by atoms with E-state index in [4.69, 9.17) is 16.0 Å². The van der Waals surface area contributed by atoms with Crippen molar-refractivity contribution in [3.05, 3.63) is 69.2 Å². The van der Waals surface area contributed by atoms with Crippen LogP contribution in [-0.4, -0.2) is 17.4 Å². The van der Waals surface area contributed by atoms with Crippen LogP contribution < -0.4 is 11.1 Å². The van der Waals surface area contributed by atoms with Crippen LogP contribution >= 0.6 is 11.6 Å². The van der Waals surface area contributed by atoms with Crippen LogP contribution in [0.2, 0.25) is 5.02 Å². The normalized spacial score (nSPS) is 10.8. The highest BCUT2D eigenvalue weighted by Crippen LogP contribution is 2.15. The van der Waals surface area contributed by atoms with Gasteiger partial charge in [0, 0.05) is 11.6 Å². The Kier molecular flexibility index (Phi) is 4.48. The lowest BCUT2D eigenvalue weighted by Crippen LogP contribution is -2.27. The topological polar surface area (TPSA) is 75.1 Å². The summed E-state index contributed by atoms with van der Waals surface area (Å²) in [7, 11) is 0. The number of nitrogens with one attached hydrogen (secondary N) is 2. The lowest BCUT2D eigenvalue weighted by Gasteiger charge is -2.06. The van der Waals surface area contributed by atoms with Gasteiger partial charge in [-0.25, -0.2) is 4.79 Å². The zero-order valence-corrected chi connectivity index (χ0v) is 13.0. The summed E-state index contributed by atoms with van der Waals surface area (Å²) in [5, 5.41) is 3.46. The molecule has 0 saturated heterocycles. The van der Waals surface area contributed by atoms with Gasteiger partial charge in [0.2, 0.25) is 5.91 Å². The van der Waals surface area contributed by atoms with E-state index in [1.807, 2.05) is 30.3 Å². The van der Waals surface area contributed by atoms with Crippen molar-refractivity contribution in [3.63, 3.8) is 0 Å². The summed E-state index contributed by atoms with van der Waals surface area (Å²) < 4.78 is 4.95. The number of aromatic amines is 1. The summed E-state index contributed by atoms with van der Waals surface area (Å²) in [6.45, 7) is 0.511. The molecule has 3 rings (SSSR count). The van der Waals surface area contributed by atoms with Crippen LogP contribution in [0.15, 0.2) is 51.7 Å². The number of oxazole rings is 1. The summed E-state index contributed by atoms with van der Waals surface area (Å²) in [5.41, 5.74) is 3.01. The molecule has 6 heteroatoms. The first kappa shape index (κ1) is 15.4. The second kappa shape index (κ2) is 6.71. The summed E-state index contributed by atoms with van der Waals surface area (Å²) in [4.78, 5) is 25.7. The van der Waals surface area contributed by atoms with Gasteiger partial charge < -0.3 is 9.73 Å². The molecule has 0 unspecified atom stereocenters. The van der Waals surface area contributed by atoms with Gasteiger partial charge in [-0.05, 0) is 35.7 Å². The Morgan fingerprint density at radius 2 is 2.04 bits per heavy atom. The predicted molar refractivity (Wildman–Crippen MR) is 88.7 cm³/mol. The van der Waals surface area contributed by atoms with E-state index in [0.717, 1.165) is 11.1 Å². The van der Waals surface area contributed by atoms with Crippen LogP contribution in [-0.2, 0) is 17.6 Å². The molecule has 0 radical (unpaired) electrons. The summed E-state index contributed by atoms with van der Waals surface area (Å²) in [6, 6.07) is 12.8. The lowest BCUT2D eigenvalue weighted by atomic mass is 10.1. The molecule has 0 aliphatic rings. The fourth-order valence-electron chi connectivity index (χ4n) is 2.38. The minimum absolute atomic E-state index is 0.0732. The minimum Gasteiger partial charge on any atom is -0.408 e. The van der Waals surface area contributed by atoms with Crippen molar-refractivity contribution in [1.29, 1.82) is 0 Å². The van der Waals surface area contributed by atoms with E-state index >= 15 is 0 Å². The molecule has 1 aromatic heterocycles. The molecule has 0 fully saturated rings. The molecular formula is C17H15ClN2O3. The van der Waals surface area contributed by atoms with Crippen molar-refractivity contribution in [2.75, 3.05) is 6.54 Å². The summed E-state index contributed by atoms with van der Waals surface area (Å²) in [6.07, 6.45) is 0.922. The van der Waals surface area contributed by atoms with Crippen molar-refractivity contribution in [3.8, 4) is 0 Å². The Morgan fingerprint density at radius 3 is 2.87 bits per heavy atom. The van der Waals surface area contributed by atoms with Crippen LogP contribution in [0, 0.1) is 0 Å². The van der Waals surface area contributed by atoms with Gasteiger partial charge in [-0.3, -0.25) is 9.78 Å². The Labute approximate surface area is 137 Å². The first-order chi connectivity index (χ1) is 11.1. The molecule has 2 aromatic carbocycles. The molecule has 2 N–H and O–H groups in total. The second-order valence-corrected chi connectivity index (χ2v) is 5.62. The average molecular weight is 331 g/mol. The van der Waals surface area contributed by atoms with Crippen molar-refractivity contribution >= 4 is 28.6 Å². The van der Waals surface area contributed by atoms with Crippen molar-refractivity contribution in [1.82, 2.24) is 10.3 Å². The molecule has 0 aliphatic carbocycles. The number of rotatable bonds is 5. The largest absolute Gasteiger partial charge is 0.417 e. The Hall–Kier alpha value is -2.53. The van der Waals surface area contributed by atoms with Gasteiger partial charge in [-0.15, -0.1) is 0 Å². The highest BCUT2D eigenvalue weighted by Gasteiger charge is 2.07. The fraction of sp³-hybridized carbons (Fsp3) is 0.176. The van der Waals surface area contributed by atoms with E-state index in [1.54, 1.807) is 12.1 Å². The number of halogens is 1. The number of fused-ring (bicyclic) bond motifs is 1. The maximum Gasteiger partial charge on any atom is 0.417 e. The monoisotopic (exact) mass is 330 g/mol. The first-order valence-corrected chi connectivity index (χ1v) is 7.61. The maximum atomic E-state index is 11.9. The molecule has 5 nitrogen and oxygen atoms in total. The number of carbonyl (C=O) groups is 1. The van der Waals surface area contributed by atoms with E-state index in [1.165, 1.54) is 0 Å². The Morgan fingerprint density at radius 1 is 1.22 bits per heavy atom. The number of benzene rings is 2. The number of H-pyrrole nitrogens is 1. The van der Waals surface area contributed by atoms with Crippen LogP contribution in [0.1, 0.15) is 11.1 Å². The smallest absolute Gasteiger partial charge is 0.408 e. The van der Waals surface area contributed by atoms with E-state index in [9.17, 15) is 9.59 Å². The molecule has 3 aromatic rings. The molecule has 23 heavy (non-hydrogen) atoms. The zero-order valence-electron chi connectivity index (χ0n) is 12.3. The third kappa shape index (κ3) is 3.81. The van der Waals surface area contributed by atoms with E-state index in [0.29, 0.717) is 29.1 Å². The molecule has 0 saturated carbocycles. The predicted octanol–water partition coefficient (Wildman–Crippen LogP) is 2.68. The molecule has 0 atom stereocenters. The van der Waals surface area contributed by atoms with Gasteiger partial charge in [0.25, 0.3) is 0 Å². The minimum atomic E-state index is -0.467. The molecule has 0 spiro atoms. The van der Waals surface area contributed by atoms with Gasteiger partial charge >= 0.3 is 5.76 Å². The van der Waals surface area contributed by atoms with Crippen molar-refractivity contribution < 1.29 is 9.21 Å². The molecule has 0 bridgehead atoms. The number of amides is 1.